The number of nitrogens with one attached hydrogen (secondary N) is 1. The van der Waals surface area contributed by atoms with Crippen LogP contribution in [0.1, 0.15) is 36.3 Å². The zero-order valence-corrected chi connectivity index (χ0v) is 10.2. The maximum Gasteiger partial charge on any atom is 0.340 e. The highest BCUT2D eigenvalue weighted by atomic mass is 16.5. The Morgan fingerprint density at radius 3 is 2.88 bits per heavy atom. The fourth-order valence-electron chi connectivity index (χ4n) is 2.00. The molecule has 0 aliphatic carbocycles. The molecule has 0 aliphatic heterocycles. The molecule has 0 unspecified atom stereocenters. The predicted molar refractivity (Wildman–Crippen MR) is 68.3 cm³/mol. The van der Waals surface area contributed by atoms with Crippen molar-refractivity contribution >= 4 is 16.9 Å². The highest BCUT2D eigenvalue weighted by Gasteiger charge is 2.12. The average molecular weight is 231 g/mol. The molecule has 2 aromatic rings. The molecule has 17 heavy (non-hydrogen) atoms. The van der Waals surface area contributed by atoms with Gasteiger partial charge in [0, 0.05) is 11.1 Å². The Labute approximate surface area is 101 Å². The summed E-state index contributed by atoms with van der Waals surface area (Å²) in [4.78, 5) is 15.1. The number of esters is 1. The second-order valence-electron chi connectivity index (χ2n) is 4.03. The number of benzene rings is 1. The zero-order chi connectivity index (χ0) is 12.3. The van der Waals surface area contributed by atoms with Gasteiger partial charge in [0.25, 0.3) is 0 Å². The summed E-state index contributed by atoms with van der Waals surface area (Å²) in [7, 11) is 0. The van der Waals surface area contributed by atoms with Crippen LogP contribution in [0.2, 0.25) is 0 Å². The van der Waals surface area contributed by atoms with Gasteiger partial charge in [0.15, 0.2) is 0 Å². The first-order chi connectivity index (χ1) is 8.26. The molecule has 3 heteroatoms. The monoisotopic (exact) mass is 231 g/mol. The maximum atomic E-state index is 11.8. The van der Waals surface area contributed by atoms with Gasteiger partial charge in [-0.05, 0) is 25.5 Å². The van der Waals surface area contributed by atoms with E-state index in [-0.39, 0.29) is 5.97 Å². The molecule has 0 radical (unpaired) electrons. The van der Waals surface area contributed by atoms with Gasteiger partial charge in [-0.2, -0.15) is 0 Å². The number of carbonyl (C=O) groups is 1. The Kier molecular flexibility index (Phi) is 3.47. The van der Waals surface area contributed by atoms with Crippen molar-refractivity contribution in [2.45, 2.75) is 26.7 Å². The molecule has 1 N–H and O–H groups in total. The van der Waals surface area contributed by atoms with Crippen LogP contribution in [-0.2, 0) is 11.2 Å². The van der Waals surface area contributed by atoms with Crippen LogP contribution in [0.25, 0.3) is 10.9 Å². The van der Waals surface area contributed by atoms with Crippen LogP contribution in [0.4, 0.5) is 0 Å². The molecule has 0 saturated carbocycles. The lowest BCUT2D eigenvalue weighted by molar-refractivity contribution is 0.0528. The summed E-state index contributed by atoms with van der Waals surface area (Å²) in [6.45, 7) is 4.35. The fraction of sp³-hybridized carbons (Fsp3) is 0.357. The molecular formula is C14H17NO2. The van der Waals surface area contributed by atoms with E-state index in [1.165, 1.54) is 5.69 Å². The number of ether oxygens (including phenoxy) is 1. The van der Waals surface area contributed by atoms with E-state index in [4.69, 9.17) is 4.74 Å². The van der Waals surface area contributed by atoms with Crippen molar-refractivity contribution in [3.63, 3.8) is 0 Å². The predicted octanol–water partition coefficient (Wildman–Crippen LogP) is 3.30. The van der Waals surface area contributed by atoms with Gasteiger partial charge >= 0.3 is 5.97 Å². The van der Waals surface area contributed by atoms with Crippen LogP contribution in [0.3, 0.4) is 0 Å². The Hall–Kier alpha value is -1.77. The lowest BCUT2D eigenvalue weighted by atomic mass is 10.1. The highest BCUT2D eigenvalue weighted by molar-refractivity contribution is 6.03. The van der Waals surface area contributed by atoms with Crippen molar-refractivity contribution in [3.8, 4) is 0 Å². The lowest BCUT2D eigenvalue weighted by Crippen LogP contribution is -2.05. The van der Waals surface area contributed by atoms with Crippen LogP contribution in [-0.4, -0.2) is 17.6 Å². The summed E-state index contributed by atoms with van der Waals surface area (Å²) in [6, 6.07) is 7.79. The van der Waals surface area contributed by atoms with Gasteiger partial charge in [0.1, 0.15) is 0 Å². The molecule has 0 bridgehead atoms. The van der Waals surface area contributed by atoms with E-state index >= 15 is 0 Å². The third-order valence-electron chi connectivity index (χ3n) is 2.73. The van der Waals surface area contributed by atoms with Crippen molar-refractivity contribution in [1.82, 2.24) is 4.98 Å². The molecule has 1 aromatic carbocycles. The van der Waals surface area contributed by atoms with Crippen molar-refractivity contribution in [2.75, 3.05) is 6.61 Å². The van der Waals surface area contributed by atoms with Gasteiger partial charge in [0.05, 0.1) is 17.7 Å². The zero-order valence-electron chi connectivity index (χ0n) is 10.2. The van der Waals surface area contributed by atoms with E-state index in [1.807, 2.05) is 19.1 Å². The number of aryl methyl sites for hydroxylation is 1. The van der Waals surface area contributed by atoms with Crippen LogP contribution < -0.4 is 0 Å². The minimum Gasteiger partial charge on any atom is -0.462 e. The number of para-hydroxylation sites is 1. The molecule has 1 aromatic heterocycles. The van der Waals surface area contributed by atoms with Crippen molar-refractivity contribution in [3.05, 3.63) is 35.5 Å². The van der Waals surface area contributed by atoms with Crippen molar-refractivity contribution < 1.29 is 9.53 Å². The fourth-order valence-corrected chi connectivity index (χ4v) is 2.00. The summed E-state index contributed by atoms with van der Waals surface area (Å²) in [5.41, 5.74) is 2.67. The molecule has 0 fully saturated rings. The molecule has 3 nitrogen and oxygen atoms in total. The lowest BCUT2D eigenvalue weighted by Gasteiger charge is -2.02. The minimum atomic E-state index is -0.261. The van der Waals surface area contributed by atoms with E-state index in [9.17, 15) is 4.79 Å². The van der Waals surface area contributed by atoms with Crippen LogP contribution in [0, 0.1) is 0 Å². The largest absolute Gasteiger partial charge is 0.462 e. The number of rotatable bonds is 4. The van der Waals surface area contributed by atoms with E-state index in [0.717, 1.165) is 23.7 Å². The number of fused-ring (bicyclic) bond motifs is 1. The van der Waals surface area contributed by atoms with Crippen molar-refractivity contribution in [2.24, 2.45) is 0 Å². The highest BCUT2D eigenvalue weighted by Crippen LogP contribution is 2.21. The number of hydrogen-bond acceptors (Lipinski definition) is 2. The van der Waals surface area contributed by atoms with Gasteiger partial charge < -0.3 is 9.72 Å². The van der Waals surface area contributed by atoms with Crippen molar-refractivity contribution in [1.29, 1.82) is 0 Å². The van der Waals surface area contributed by atoms with Gasteiger partial charge in [0.2, 0.25) is 0 Å². The van der Waals surface area contributed by atoms with Gasteiger partial charge in [-0.15, -0.1) is 0 Å². The summed E-state index contributed by atoms with van der Waals surface area (Å²) >= 11 is 0. The molecule has 1 heterocycles. The Balaban J connectivity index is 2.45. The maximum absolute atomic E-state index is 11.8. The molecule has 0 saturated heterocycles. The van der Waals surface area contributed by atoms with Crippen LogP contribution in [0.5, 0.6) is 0 Å². The van der Waals surface area contributed by atoms with E-state index < -0.39 is 0 Å². The second kappa shape index (κ2) is 5.04. The first kappa shape index (κ1) is 11.7. The Bertz CT molecular complexity index is 528. The standard InChI is InChI=1S/C14H17NO2/c1-3-6-11-9-10-7-5-8-12(13(10)15-11)14(16)17-4-2/h5,7-9,15H,3-4,6H2,1-2H3. The molecule has 0 spiro atoms. The summed E-state index contributed by atoms with van der Waals surface area (Å²) in [5, 5.41) is 1.07. The Morgan fingerprint density at radius 1 is 1.35 bits per heavy atom. The number of carbonyl (C=O) groups excluding carboxylic acids is 1. The smallest absolute Gasteiger partial charge is 0.340 e. The normalized spacial score (nSPS) is 10.7. The van der Waals surface area contributed by atoms with Crippen LogP contribution >= 0.6 is 0 Å². The Morgan fingerprint density at radius 2 is 2.18 bits per heavy atom. The minimum absolute atomic E-state index is 0.261. The molecule has 0 amide bonds. The first-order valence-corrected chi connectivity index (χ1v) is 6.04. The third-order valence-corrected chi connectivity index (χ3v) is 2.73. The van der Waals surface area contributed by atoms with Gasteiger partial charge in [-0.25, -0.2) is 4.79 Å². The summed E-state index contributed by atoms with van der Waals surface area (Å²) < 4.78 is 5.05. The van der Waals surface area contributed by atoms with Crippen LogP contribution in [0.15, 0.2) is 24.3 Å². The SMILES string of the molecule is CCCc1cc2cccc(C(=O)OCC)c2[nH]1. The first-order valence-electron chi connectivity index (χ1n) is 6.04. The topological polar surface area (TPSA) is 42.1 Å². The molecular weight excluding hydrogens is 214 g/mol. The molecule has 90 valence electrons. The van der Waals surface area contributed by atoms with Gasteiger partial charge in [-0.3, -0.25) is 0 Å². The third kappa shape index (κ3) is 2.33. The number of aromatic amines is 1. The molecule has 0 atom stereocenters. The van der Waals surface area contributed by atoms with Gasteiger partial charge in [-0.1, -0.05) is 25.5 Å². The van der Waals surface area contributed by atoms with E-state index in [2.05, 4.69) is 18.0 Å². The summed E-state index contributed by atoms with van der Waals surface area (Å²) in [6.07, 6.45) is 2.08. The molecule has 0 aliphatic rings. The number of aromatic nitrogens is 1. The molecule has 2 rings (SSSR count). The average Bonchev–Trinajstić information content (AvgIpc) is 2.71. The van der Waals surface area contributed by atoms with E-state index in [0.29, 0.717) is 12.2 Å². The quantitative estimate of drug-likeness (QED) is 0.820. The van der Waals surface area contributed by atoms with E-state index in [1.54, 1.807) is 6.07 Å². The number of H-pyrrole nitrogens is 1. The second-order valence-corrected chi connectivity index (χ2v) is 4.03. The summed E-state index contributed by atoms with van der Waals surface area (Å²) in [5.74, 6) is -0.261. The number of hydrogen-bond donors (Lipinski definition) is 1.